The Labute approximate surface area is 115 Å². The van der Waals surface area contributed by atoms with Gasteiger partial charge in [0, 0.05) is 18.7 Å². The van der Waals surface area contributed by atoms with E-state index in [-0.39, 0.29) is 5.92 Å². The molecular formula is C14H21N3S. The first kappa shape index (κ1) is 14.6. The highest BCUT2D eigenvalue weighted by atomic mass is 32.1. The lowest BCUT2D eigenvalue weighted by atomic mass is 10.0. The molecule has 98 valence electrons. The van der Waals surface area contributed by atoms with E-state index in [1.165, 1.54) is 5.56 Å². The van der Waals surface area contributed by atoms with E-state index in [0.29, 0.717) is 5.11 Å². The van der Waals surface area contributed by atoms with Crippen LogP contribution >= 0.6 is 12.2 Å². The van der Waals surface area contributed by atoms with E-state index in [1.807, 2.05) is 24.4 Å². The summed E-state index contributed by atoms with van der Waals surface area (Å²) in [6.45, 7) is 5.15. The fraction of sp³-hybridized carbons (Fsp3) is 0.429. The largest absolute Gasteiger partial charge is 0.361 e. The van der Waals surface area contributed by atoms with Crippen molar-refractivity contribution in [2.24, 2.45) is 5.10 Å². The van der Waals surface area contributed by atoms with Gasteiger partial charge >= 0.3 is 0 Å². The summed E-state index contributed by atoms with van der Waals surface area (Å²) in [7, 11) is 0. The number of nitrogens with one attached hydrogen (secondary N) is 2. The van der Waals surface area contributed by atoms with Gasteiger partial charge in [-0.3, -0.25) is 5.43 Å². The first-order valence-corrected chi connectivity index (χ1v) is 6.76. The van der Waals surface area contributed by atoms with Gasteiger partial charge in [-0.1, -0.05) is 50.6 Å². The van der Waals surface area contributed by atoms with Crippen LogP contribution in [0.25, 0.3) is 0 Å². The van der Waals surface area contributed by atoms with Crippen LogP contribution in [0, 0.1) is 0 Å². The predicted octanol–water partition coefficient (Wildman–Crippen LogP) is 3.04. The quantitative estimate of drug-likeness (QED) is 0.358. The molecule has 0 spiro atoms. The second-order valence-electron chi connectivity index (χ2n) is 4.20. The summed E-state index contributed by atoms with van der Waals surface area (Å²) in [5.41, 5.74) is 4.08. The van der Waals surface area contributed by atoms with Gasteiger partial charge in [-0.2, -0.15) is 5.10 Å². The van der Waals surface area contributed by atoms with Gasteiger partial charge in [0.2, 0.25) is 0 Å². The van der Waals surface area contributed by atoms with Gasteiger partial charge in [0.05, 0.1) is 0 Å². The van der Waals surface area contributed by atoms with Gasteiger partial charge in [-0.15, -0.1) is 0 Å². The number of rotatable bonds is 6. The molecule has 0 aliphatic heterocycles. The van der Waals surface area contributed by atoms with Gasteiger partial charge in [0.25, 0.3) is 0 Å². The Hall–Kier alpha value is -1.42. The summed E-state index contributed by atoms with van der Waals surface area (Å²) in [5.74, 6) is 0.275. The smallest absolute Gasteiger partial charge is 0.186 e. The van der Waals surface area contributed by atoms with E-state index in [0.717, 1.165) is 19.4 Å². The summed E-state index contributed by atoms with van der Waals surface area (Å²) in [6, 6.07) is 10.3. The summed E-state index contributed by atoms with van der Waals surface area (Å²) in [5, 5.41) is 7.83. The summed E-state index contributed by atoms with van der Waals surface area (Å²) >= 11 is 5.10. The van der Waals surface area contributed by atoms with Crippen molar-refractivity contribution in [1.82, 2.24) is 10.7 Å². The molecule has 1 rings (SSSR count). The van der Waals surface area contributed by atoms with Gasteiger partial charge in [0.15, 0.2) is 5.11 Å². The van der Waals surface area contributed by atoms with Crippen LogP contribution in [-0.4, -0.2) is 17.9 Å². The standard InChI is InChI=1S/C14H21N3S/c1-3-4-10-15-14(18)17-16-11-12(2)13-8-6-5-7-9-13/h5-9,11-12H,3-4,10H2,1-2H3,(H2,15,17,18)/b16-11-/t12-/m1/s1. The molecule has 4 heteroatoms. The highest BCUT2D eigenvalue weighted by Crippen LogP contribution is 2.11. The lowest BCUT2D eigenvalue weighted by Crippen LogP contribution is -2.32. The van der Waals surface area contributed by atoms with E-state index in [9.17, 15) is 0 Å². The van der Waals surface area contributed by atoms with Crippen LogP contribution < -0.4 is 10.7 Å². The molecule has 0 saturated carbocycles. The monoisotopic (exact) mass is 263 g/mol. The SMILES string of the molecule is CCCCNC(=S)N/N=C\[C@@H](C)c1ccccc1. The minimum Gasteiger partial charge on any atom is -0.361 e. The minimum absolute atomic E-state index is 0.275. The fourth-order valence-electron chi connectivity index (χ4n) is 1.47. The zero-order valence-corrected chi connectivity index (χ0v) is 11.8. The number of hydrogen-bond acceptors (Lipinski definition) is 2. The molecule has 1 aromatic rings. The Balaban J connectivity index is 2.30. The molecule has 0 heterocycles. The molecule has 3 nitrogen and oxygen atoms in total. The van der Waals surface area contributed by atoms with Crippen LogP contribution in [0.1, 0.15) is 38.2 Å². The number of benzene rings is 1. The van der Waals surface area contributed by atoms with E-state index >= 15 is 0 Å². The lowest BCUT2D eigenvalue weighted by Gasteiger charge is -2.07. The number of hydrazone groups is 1. The zero-order valence-electron chi connectivity index (χ0n) is 11.0. The second kappa shape index (κ2) is 8.64. The topological polar surface area (TPSA) is 36.4 Å². The number of hydrogen-bond donors (Lipinski definition) is 2. The van der Waals surface area contributed by atoms with Gasteiger partial charge in [0.1, 0.15) is 0 Å². The Morgan fingerprint density at radius 1 is 1.39 bits per heavy atom. The third-order valence-electron chi connectivity index (χ3n) is 2.61. The Kier molecular flexibility index (Phi) is 7.03. The lowest BCUT2D eigenvalue weighted by molar-refractivity contribution is 0.744. The van der Waals surface area contributed by atoms with Gasteiger partial charge in [-0.25, -0.2) is 0 Å². The molecule has 0 unspecified atom stereocenters. The van der Waals surface area contributed by atoms with Crippen molar-refractivity contribution < 1.29 is 0 Å². The van der Waals surface area contributed by atoms with Crippen molar-refractivity contribution in [3.63, 3.8) is 0 Å². The first-order valence-electron chi connectivity index (χ1n) is 6.36. The molecule has 0 bridgehead atoms. The maximum atomic E-state index is 5.10. The zero-order chi connectivity index (χ0) is 13.2. The second-order valence-corrected chi connectivity index (χ2v) is 4.61. The van der Waals surface area contributed by atoms with Crippen molar-refractivity contribution in [3.05, 3.63) is 35.9 Å². The summed E-state index contributed by atoms with van der Waals surface area (Å²) in [4.78, 5) is 0. The Bertz CT molecular complexity index is 376. The number of thiocarbonyl (C=S) groups is 1. The molecule has 0 aliphatic rings. The number of nitrogens with zero attached hydrogens (tertiary/aromatic N) is 1. The Morgan fingerprint density at radius 2 is 2.11 bits per heavy atom. The van der Waals surface area contributed by atoms with Crippen LogP contribution in [0.15, 0.2) is 35.4 Å². The normalized spacial score (nSPS) is 12.3. The molecule has 0 aromatic heterocycles. The maximum Gasteiger partial charge on any atom is 0.186 e. The average molecular weight is 263 g/mol. The fourth-order valence-corrected chi connectivity index (χ4v) is 1.62. The molecule has 1 aromatic carbocycles. The third kappa shape index (κ3) is 5.77. The Morgan fingerprint density at radius 3 is 2.78 bits per heavy atom. The van der Waals surface area contributed by atoms with Crippen molar-refractivity contribution in [2.75, 3.05) is 6.54 Å². The van der Waals surface area contributed by atoms with Crippen LogP contribution in [0.2, 0.25) is 0 Å². The van der Waals surface area contributed by atoms with E-state index in [2.05, 4.69) is 41.8 Å². The van der Waals surface area contributed by atoms with E-state index < -0.39 is 0 Å². The third-order valence-corrected chi connectivity index (χ3v) is 2.84. The highest BCUT2D eigenvalue weighted by molar-refractivity contribution is 7.80. The number of unbranched alkanes of at least 4 members (excludes halogenated alkanes) is 1. The maximum absolute atomic E-state index is 5.10. The molecular weight excluding hydrogens is 242 g/mol. The summed E-state index contributed by atoms with van der Waals surface area (Å²) < 4.78 is 0. The first-order chi connectivity index (χ1) is 8.74. The van der Waals surface area contributed by atoms with Crippen LogP contribution in [0.4, 0.5) is 0 Å². The van der Waals surface area contributed by atoms with Gasteiger partial charge < -0.3 is 5.32 Å². The van der Waals surface area contributed by atoms with Crippen molar-refractivity contribution in [2.45, 2.75) is 32.6 Å². The molecule has 0 saturated heterocycles. The molecule has 0 aliphatic carbocycles. The predicted molar refractivity (Wildman–Crippen MR) is 82.0 cm³/mol. The van der Waals surface area contributed by atoms with Crippen molar-refractivity contribution >= 4 is 23.5 Å². The molecule has 0 radical (unpaired) electrons. The molecule has 0 amide bonds. The van der Waals surface area contributed by atoms with E-state index in [4.69, 9.17) is 12.2 Å². The highest BCUT2D eigenvalue weighted by Gasteiger charge is 2.00. The van der Waals surface area contributed by atoms with E-state index in [1.54, 1.807) is 0 Å². The molecule has 18 heavy (non-hydrogen) atoms. The summed E-state index contributed by atoms with van der Waals surface area (Å²) in [6.07, 6.45) is 4.14. The van der Waals surface area contributed by atoms with Gasteiger partial charge in [-0.05, 0) is 24.2 Å². The van der Waals surface area contributed by atoms with Crippen LogP contribution in [0.5, 0.6) is 0 Å². The average Bonchev–Trinajstić information content (AvgIpc) is 2.40. The van der Waals surface area contributed by atoms with Crippen molar-refractivity contribution in [3.8, 4) is 0 Å². The van der Waals surface area contributed by atoms with Crippen molar-refractivity contribution in [1.29, 1.82) is 0 Å². The van der Waals surface area contributed by atoms with Crippen LogP contribution in [0.3, 0.4) is 0 Å². The molecule has 0 fully saturated rings. The molecule has 2 N–H and O–H groups in total. The van der Waals surface area contributed by atoms with Crippen LogP contribution in [-0.2, 0) is 0 Å². The minimum atomic E-state index is 0.275. The molecule has 1 atom stereocenters.